The maximum Gasteiger partial charge on any atom is 0.311 e. The molecule has 0 radical (unpaired) electrons. The van der Waals surface area contributed by atoms with Crippen LogP contribution in [0.15, 0.2) is 36.7 Å². The van der Waals surface area contributed by atoms with Gasteiger partial charge in [0.15, 0.2) is 0 Å². The number of rotatable bonds is 5. The molecule has 0 amide bonds. The third-order valence-corrected chi connectivity index (χ3v) is 2.73. The van der Waals surface area contributed by atoms with Crippen molar-refractivity contribution in [1.82, 2.24) is 10.3 Å². The lowest BCUT2D eigenvalue weighted by Gasteiger charge is -2.07. The van der Waals surface area contributed by atoms with E-state index < -0.39 is 4.92 Å². The zero-order chi connectivity index (χ0) is 14.5. The van der Waals surface area contributed by atoms with Crippen molar-refractivity contribution in [2.75, 3.05) is 7.05 Å². The largest absolute Gasteiger partial charge is 0.448 e. The van der Waals surface area contributed by atoms with Crippen LogP contribution in [-0.4, -0.2) is 17.0 Å². The normalized spacial score (nSPS) is 10.3. The van der Waals surface area contributed by atoms with Gasteiger partial charge >= 0.3 is 5.69 Å². The highest BCUT2D eigenvalue weighted by atomic mass is 35.5. The van der Waals surface area contributed by atoms with Gasteiger partial charge in [-0.05, 0) is 24.7 Å². The molecule has 1 aromatic carbocycles. The van der Waals surface area contributed by atoms with E-state index in [9.17, 15) is 10.1 Å². The first kappa shape index (κ1) is 14.2. The molecule has 0 spiro atoms. The highest BCUT2D eigenvalue weighted by molar-refractivity contribution is 6.30. The number of nitrogens with zero attached hydrogens (tertiary/aromatic N) is 2. The summed E-state index contributed by atoms with van der Waals surface area (Å²) in [6.45, 7) is 0.627. The summed E-state index contributed by atoms with van der Waals surface area (Å²) in [7, 11) is 1.81. The number of halogens is 1. The van der Waals surface area contributed by atoms with Crippen LogP contribution >= 0.6 is 11.6 Å². The predicted octanol–water partition coefficient (Wildman–Crippen LogP) is 3.15. The molecule has 0 aliphatic rings. The molecule has 1 N–H and O–H groups in total. The van der Waals surface area contributed by atoms with Gasteiger partial charge in [-0.3, -0.25) is 15.1 Å². The van der Waals surface area contributed by atoms with Crippen molar-refractivity contribution in [3.8, 4) is 11.5 Å². The molecule has 2 rings (SSSR count). The van der Waals surface area contributed by atoms with E-state index in [1.165, 1.54) is 24.4 Å². The van der Waals surface area contributed by atoms with Crippen LogP contribution in [0.2, 0.25) is 5.02 Å². The number of ether oxygens (including phenoxy) is 1. The standard InChI is InChI=1S/C13H12ClN3O3/c1-15-6-9-4-11(8-16-7-9)20-13-5-10(14)2-3-12(13)17(18)19/h2-5,7-8,15H,6H2,1H3. The lowest BCUT2D eigenvalue weighted by molar-refractivity contribution is -0.385. The average molecular weight is 294 g/mol. The van der Waals surface area contributed by atoms with Crippen LogP contribution in [0, 0.1) is 10.1 Å². The van der Waals surface area contributed by atoms with Crippen LogP contribution in [0.5, 0.6) is 11.5 Å². The van der Waals surface area contributed by atoms with E-state index in [0.29, 0.717) is 17.3 Å². The minimum absolute atomic E-state index is 0.0888. The van der Waals surface area contributed by atoms with E-state index >= 15 is 0 Å². The number of hydrogen-bond donors (Lipinski definition) is 1. The van der Waals surface area contributed by atoms with Gasteiger partial charge in [-0.25, -0.2) is 0 Å². The summed E-state index contributed by atoms with van der Waals surface area (Å²) < 4.78 is 5.52. The molecule has 0 saturated carbocycles. The molecule has 0 aliphatic carbocycles. The van der Waals surface area contributed by atoms with Crippen LogP contribution in [0.4, 0.5) is 5.69 Å². The summed E-state index contributed by atoms with van der Waals surface area (Å²) in [6, 6.07) is 5.92. The van der Waals surface area contributed by atoms with Crippen LogP contribution < -0.4 is 10.1 Å². The molecule has 0 fully saturated rings. The monoisotopic (exact) mass is 293 g/mol. The van der Waals surface area contributed by atoms with E-state index in [1.807, 2.05) is 7.05 Å². The van der Waals surface area contributed by atoms with Crippen molar-refractivity contribution in [3.05, 3.63) is 57.4 Å². The molecular formula is C13H12ClN3O3. The Morgan fingerprint density at radius 1 is 1.40 bits per heavy atom. The molecule has 0 unspecified atom stereocenters. The third kappa shape index (κ3) is 3.43. The number of aromatic nitrogens is 1. The van der Waals surface area contributed by atoms with Gasteiger partial charge in [0.2, 0.25) is 5.75 Å². The Labute approximate surface area is 120 Å². The fourth-order valence-corrected chi connectivity index (χ4v) is 1.83. The fraction of sp³-hybridized carbons (Fsp3) is 0.154. The van der Waals surface area contributed by atoms with Gasteiger partial charge in [0.05, 0.1) is 11.1 Å². The first-order valence-corrected chi connectivity index (χ1v) is 6.18. The molecule has 0 aliphatic heterocycles. The Morgan fingerprint density at radius 3 is 2.90 bits per heavy atom. The lowest BCUT2D eigenvalue weighted by Crippen LogP contribution is -2.05. The Kier molecular flexibility index (Phi) is 4.49. The molecule has 0 bridgehead atoms. The van der Waals surface area contributed by atoms with Gasteiger partial charge in [0.25, 0.3) is 0 Å². The zero-order valence-corrected chi connectivity index (χ0v) is 11.4. The fourth-order valence-electron chi connectivity index (χ4n) is 1.67. The summed E-state index contributed by atoms with van der Waals surface area (Å²) in [6.07, 6.45) is 3.18. The van der Waals surface area contributed by atoms with Crippen molar-refractivity contribution in [2.24, 2.45) is 0 Å². The van der Waals surface area contributed by atoms with Crippen molar-refractivity contribution in [3.63, 3.8) is 0 Å². The van der Waals surface area contributed by atoms with Crippen molar-refractivity contribution < 1.29 is 9.66 Å². The Balaban J connectivity index is 2.31. The van der Waals surface area contributed by atoms with E-state index in [-0.39, 0.29) is 11.4 Å². The van der Waals surface area contributed by atoms with E-state index in [1.54, 1.807) is 12.3 Å². The molecular weight excluding hydrogens is 282 g/mol. The minimum atomic E-state index is -0.517. The van der Waals surface area contributed by atoms with E-state index in [2.05, 4.69) is 10.3 Å². The summed E-state index contributed by atoms with van der Waals surface area (Å²) >= 11 is 5.84. The maximum absolute atomic E-state index is 10.9. The average Bonchev–Trinajstić information content (AvgIpc) is 2.39. The maximum atomic E-state index is 10.9. The number of hydrogen-bond acceptors (Lipinski definition) is 5. The quantitative estimate of drug-likeness (QED) is 0.677. The number of nitro benzene ring substituents is 1. The molecule has 1 aromatic heterocycles. The number of nitro groups is 1. The van der Waals surface area contributed by atoms with Crippen LogP contribution in [0.3, 0.4) is 0 Å². The minimum Gasteiger partial charge on any atom is -0.448 e. The van der Waals surface area contributed by atoms with Crippen molar-refractivity contribution >= 4 is 17.3 Å². The van der Waals surface area contributed by atoms with Crippen LogP contribution in [0.1, 0.15) is 5.56 Å². The highest BCUT2D eigenvalue weighted by Gasteiger charge is 2.16. The summed E-state index contributed by atoms with van der Waals surface area (Å²) in [4.78, 5) is 14.5. The molecule has 20 heavy (non-hydrogen) atoms. The first-order chi connectivity index (χ1) is 9.60. The molecule has 2 aromatic rings. The first-order valence-electron chi connectivity index (χ1n) is 5.80. The summed E-state index contributed by atoms with van der Waals surface area (Å²) in [5.41, 5.74) is 0.767. The molecule has 7 heteroatoms. The zero-order valence-electron chi connectivity index (χ0n) is 10.7. The lowest BCUT2D eigenvalue weighted by atomic mass is 10.2. The van der Waals surface area contributed by atoms with Gasteiger partial charge in [-0.2, -0.15) is 0 Å². The SMILES string of the molecule is CNCc1cncc(Oc2cc(Cl)ccc2[N+](=O)[O-])c1. The summed E-state index contributed by atoms with van der Waals surface area (Å²) in [5, 5.41) is 14.3. The van der Waals surface area contributed by atoms with Crippen LogP contribution in [-0.2, 0) is 6.54 Å². The third-order valence-electron chi connectivity index (χ3n) is 2.50. The topological polar surface area (TPSA) is 77.3 Å². The Morgan fingerprint density at radius 2 is 2.20 bits per heavy atom. The van der Waals surface area contributed by atoms with Gasteiger partial charge < -0.3 is 10.1 Å². The van der Waals surface area contributed by atoms with Crippen molar-refractivity contribution in [2.45, 2.75) is 6.54 Å². The van der Waals surface area contributed by atoms with Gasteiger partial charge in [-0.15, -0.1) is 0 Å². The number of benzene rings is 1. The van der Waals surface area contributed by atoms with E-state index in [4.69, 9.17) is 16.3 Å². The summed E-state index contributed by atoms with van der Waals surface area (Å²) in [5.74, 6) is 0.508. The predicted molar refractivity (Wildman–Crippen MR) is 75.2 cm³/mol. The van der Waals surface area contributed by atoms with Gasteiger partial charge in [0.1, 0.15) is 5.75 Å². The number of pyridine rings is 1. The second-order valence-electron chi connectivity index (χ2n) is 4.03. The van der Waals surface area contributed by atoms with E-state index in [0.717, 1.165) is 5.56 Å². The molecule has 0 saturated heterocycles. The van der Waals surface area contributed by atoms with Crippen LogP contribution in [0.25, 0.3) is 0 Å². The smallest absolute Gasteiger partial charge is 0.311 e. The molecule has 1 heterocycles. The van der Waals surface area contributed by atoms with Gasteiger partial charge in [0, 0.05) is 29.9 Å². The second kappa shape index (κ2) is 6.31. The Hall–Kier alpha value is -2.18. The number of nitrogens with one attached hydrogen (secondary N) is 1. The molecule has 104 valence electrons. The highest BCUT2D eigenvalue weighted by Crippen LogP contribution is 2.33. The molecule has 0 atom stereocenters. The molecule has 6 nitrogen and oxygen atoms in total. The second-order valence-corrected chi connectivity index (χ2v) is 4.47. The van der Waals surface area contributed by atoms with Crippen molar-refractivity contribution in [1.29, 1.82) is 0 Å². The Bertz CT molecular complexity index is 634. The van der Waals surface area contributed by atoms with Gasteiger partial charge in [-0.1, -0.05) is 11.6 Å².